The summed E-state index contributed by atoms with van der Waals surface area (Å²) in [5.41, 5.74) is 2.77. The third-order valence-electron chi connectivity index (χ3n) is 6.71. The number of esters is 1. The van der Waals surface area contributed by atoms with E-state index in [1.54, 1.807) is 25.5 Å². The molecule has 1 amide bonds. The van der Waals surface area contributed by atoms with Gasteiger partial charge in [-0.2, -0.15) is 0 Å². The van der Waals surface area contributed by atoms with E-state index in [9.17, 15) is 9.59 Å². The Balaban J connectivity index is 1.27. The number of hydrogen-bond acceptors (Lipinski definition) is 6. The number of nitrogens with zero attached hydrogens (tertiary/aromatic N) is 2. The highest BCUT2D eigenvalue weighted by Crippen LogP contribution is 2.38. The Bertz CT molecular complexity index is 1140. The minimum atomic E-state index is -0.348. The van der Waals surface area contributed by atoms with Gasteiger partial charge in [0, 0.05) is 40.8 Å². The Morgan fingerprint density at radius 1 is 1.16 bits per heavy atom. The Hall–Kier alpha value is -3.35. The normalized spacial score (nSPS) is 22.2. The summed E-state index contributed by atoms with van der Waals surface area (Å²) in [5, 5.41) is 4.26. The molecule has 2 fully saturated rings. The van der Waals surface area contributed by atoms with Crippen molar-refractivity contribution in [3.05, 3.63) is 59.5 Å². The van der Waals surface area contributed by atoms with Crippen LogP contribution in [0.15, 0.2) is 47.2 Å². The first-order valence-corrected chi connectivity index (χ1v) is 11.2. The summed E-state index contributed by atoms with van der Waals surface area (Å²) in [6.07, 6.45) is 7.16. The zero-order chi connectivity index (χ0) is 22.2. The molecule has 7 heteroatoms. The molecule has 0 radical (unpaired) electrons. The molecule has 3 aromatic rings. The summed E-state index contributed by atoms with van der Waals surface area (Å²) in [5.74, 6) is 0.490. The van der Waals surface area contributed by atoms with E-state index >= 15 is 0 Å². The molecule has 1 unspecified atom stereocenters. The van der Waals surface area contributed by atoms with E-state index in [2.05, 4.69) is 15.2 Å². The van der Waals surface area contributed by atoms with Crippen LogP contribution in [0.4, 0.5) is 5.82 Å². The highest BCUT2D eigenvalue weighted by molar-refractivity contribution is 6.00. The van der Waals surface area contributed by atoms with Gasteiger partial charge in [0.2, 0.25) is 0 Å². The Morgan fingerprint density at radius 2 is 1.94 bits per heavy atom. The standard InChI is InChI=1S/C25H27N3O4/c1-3-31-25(30)17-5-9-22(26-14-17)28-19-6-7-20(28)13-18(12-19)27-24(29)21-8-4-16-10-11-32-23(16)15(21)2/h4-5,8-11,14,18-20H,3,6-7,12-13H2,1-2H3,(H,27,29)/t18?,19-,20+. The lowest BCUT2D eigenvalue weighted by Gasteiger charge is -2.40. The van der Waals surface area contributed by atoms with E-state index in [0.717, 1.165) is 48.0 Å². The van der Waals surface area contributed by atoms with E-state index < -0.39 is 0 Å². The van der Waals surface area contributed by atoms with Gasteiger partial charge in [-0.05, 0) is 63.8 Å². The highest BCUT2D eigenvalue weighted by Gasteiger charge is 2.42. The quantitative estimate of drug-likeness (QED) is 0.606. The van der Waals surface area contributed by atoms with E-state index in [4.69, 9.17) is 9.15 Å². The Morgan fingerprint density at radius 3 is 2.62 bits per heavy atom. The molecule has 2 aliphatic heterocycles. The predicted molar refractivity (Wildman–Crippen MR) is 121 cm³/mol. The van der Waals surface area contributed by atoms with Gasteiger partial charge in [-0.25, -0.2) is 9.78 Å². The number of hydrogen-bond donors (Lipinski definition) is 1. The monoisotopic (exact) mass is 433 g/mol. The fraction of sp³-hybridized carbons (Fsp3) is 0.400. The highest BCUT2D eigenvalue weighted by atomic mass is 16.5. The number of carbonyl (C=O) groups excluding carboxylic acids is 2. The number of pyridine rings is 1. The second-order valence-corrected chi connectivity index (χ2v) is 8.64. The SMILES string of the molecule is CCOC(=O)c1ccc(N2[C@@H]3CC[C@H]2CC(NC(=O)c2ccc4ccoc4c2C)C3)nc1. The summed E-state index contributed by atoms with van der Waals surface area (Å²) in [6.45, 7) is 4.06. The van der Waals surface area contributed by atoms with E-state index in [0.29, 0.717) is 29.8 Å². The van der Waals surface area contributed by atoms with Gasteiger partial charge in [0.25, 0.3) is 5.91 Å². The smallest absolute Gasteiger partial charge is 0.339 e. The number of aromatic nitrogens is 1. The summed E-state index contributed by atoms with van der Waals surface area (Å²) < 4.78 is 10.6. The van der Waals surface area contributed by atoms with E-state index in [1.807, 2.05) is 31.2 Å². The molecule has 166 valence electrons. The van der Waals surface area contributed by atoms with Crippen molar-refractivity contribution in [3.8, 4) is 0 Å². The first-order chi connectivity index (χ1) is 15.5. The average Bonchev–Trinajstić information content (AvgIpc) is 3.37. The predicted octanol–water partition coefficient (Wildman–Crippen LogP) is 4.24. The van der Waals surface area contributed by atoms with Gasteiger partial charge < -0.3 is 19.4 Å². The number of carbonyl (C=O) groups is 2. The van der Waals surface area contributed by atoms with Crippen LogP contribution in [0.2, 0.25) is 0 Å². The van der Waals surface area contributed by atoms with Crippen molar-refractivity contribution >= 4 is 28.7 Å². The number of amides is 1. The minimum absolute atomic E-state index is 0.0458. The largest absolute Gasteiger partial charge is 0.464 e. The molecule has 3 atom stereocenters. The number of aryl methyl sites for hydroxylation is 1. The van der Waals surface area contributed by atoms with Crippen molar-refractivity contribution in [1.82, 2.24) is 10.3 Å². The van der Waals surface area contributed by atoms with E-state index in [1.165, 1.54) is 0 Å². The molecule has 2 saturated heterocycles. The molecule has 0 aliphatic carbocycles. The van der Waals surface area contributed by atoms with Gasteiger partial charge in [0.1, 0.15) is 11.4 Å². The van der Waals surface area contributed by atoms with Crippen LogP contribution in [0.3, 0.4) is 0 Å². The summed E-state index contributed by atoms with van der Waals surface area (Å²) >= 11 is 0. The van der Waals surface area contributed by atoms with Crippen molar-refractivity contribution in [2.24, 2.45) is 0 Å². The molecule has 1 aromatic carbocycles. The molecule has 32 heavy (non-hydrogen) atoms. The molecule has 4 heterocycles. The van der Waals surface area contributed by atoms with Gasteiger partial charge in [-0.1, -0.05) is 6.07 Å². The molecule has 1 N–H and O–H groups in total. The molecule has 7 nitrogen and oxygen atoms in total. The van der Waals surface area contributed by atoms with Crippen molar-refractivity contribution in [1.29, 1.82) is 0 Å². The van der Waals surface area contributed by atoms with Crippen LogP contribution < -0.4 is 10.2 Å². The molecular weight excluding hydrogens is 406 g/mol. The third kappa shape index (κ3) is 3.61. The molecule has 5 rings (SSSR count). The van der Waals surface area contributed by atoms with Crippen LogP contribution in [-0.4, -0.2) is 41.6 Å². The zero-order valence-corrected chi connectivity index (χ0v) is 18.3. The number of benzene rings is 1. The molecule has 2 aliphatic rings. The van der Waals surface area contributed by atoms with Gasteiger partial charge in [-0.3, -0.25) is 4.79 Å². The fourth-order valence-corrected chi connectivity index (χ4v) is 5.23. The van der Waals surface area contributed by atoms with Gasteiger partial charge in [0.15, 0.2) is 0 Å². The van der Waals surface area contributed by atoms with Crippen LogP contribution in [0, 0.1) is 6.92 Å². The number of ether oxygens (including phenoxy) is 1. The molecular formula is C25H27N3O4. The molecule has 0 spiro atoms. The number of furan rings is 1. The maximum absolute atomic E-state index is 13.0. The van der Waals surface area contributed by atoms with Gasteiger partial charge in [-0.15, -0.1) is 0 Å². The van der Waals surface area contributed by atoms with Gasteiger partial charge >= 0.3 is 5.97 Å². The lowest BCUT2D eigenvalue weighted by atomic mass is 9.96. The van der Waals surface area contributed by atoms with Crippen LogP contribution in [0.5, 0.6) is 0 Å². The first kappa shape index (κ1) is 20.5. The Labute approximate surface area is 186 Å². The number of fused-ring (bicyclic) bond motifs is 3. The maximum atomic E-state index is 13.0. The first-order valence-electron chi connectivity index (χ1n) is 11.2. The van der Waals surface area contributed by atoms with Crippen molar-refractivity contribution in [3.63, 3.8) is 0 Å². The average molecular weight is 434 g/mol. The second kappa shape index (κ2) is 8.30. The van der Waals surface area contributed by atoms with Gasteiger partial charge in [0.05, 0.1) is 18.4 Å². The van der Waals surface area contributed by atoms with Crippen molar-refractivity contribution in [2.75, 3.05) is 11.5 Å². The molecule has 0 saturated carbocycles. The maximum Gasteiger partial charge on any atom is 0.339 e. The summed E-state index contributed by atoms with van der Waals surface area (Å²) in [4.78, 5) is 31.8. The lowest BCUT2D eigenvalue weighted by Crippen LogP contribution is -2.50. The van der Waals surface area contributed by atoms with Crippen LogP contribution in [-0.2, 0) is 4.74 Å². The number of rotatable bonds is 5. The molecule has 2 aromatic heterocycles. The topological polar surface area (TPSA) is 84.7 Å². The zero-order valence-electron chi connectivity index (χ0n) is 18.3. The van der Waals surface area contributed by atoms with Crippen LogP contribution >= 0.6 is 0 Å². The van der Waals surface area contributed by atoms with Crippen LogP contribution in [0.25, 0.3) is 11.0 Å². The molecule has 2 bridgehead atoms. The second-order valence-electron chi connectivity index (χ2n) is 8.64. The van der Waals surface area contributed by atoms with Crippen LogP contribution in [0.1, 0.15) is 58.9 Å². The number of piperidine rings is 1. The summed E-state index contributed by atoms with van der Waals surface area (Å²) in [6, 6.07) is 10.2. The number of nitrogens with one attached hydrogen (secondary N) is 1. The van der Waals surface area contributed by atoms with Crippen molar-refractivity contribution in [2.45, 2.75) is 57.7 Å². The Kier molecular flexibility index (Phi) is 5.33. The fourth-order valence-electron chi connectivity index (χ4n) is 5.23. The minimum Gasteiger partial charge on any atom is -0.464 e. The number of anilines is 1. The van der Waals surface area contributed by atoms with Crippen molar-refractivity contribution < 1.29 is 18.7 Å². The summed E-state index contributed by atoms with van der Waals surface area (Å²) in [7, 11) is 0. The lowest BCUT2D eigenvalue weighted by molar-refractivity contribution is 0.0525. The van der Waals surface area contributed by atoms with E-state index in [-0.39, 0.29) is 17.9 Å². The third-order valence-corrected chi connectivity index (χ3v) is 6.71.